The first-order valence-corrected chi connectivity index (χ1v) is 11.4. The average Bonchev–Trinajstić information content (AvgIpc) is 2.88. The van der Waals surface area contributed by atoms with Gasteiger partial charge in [0.05, 0.1) is 18.8 Å². The molecule has 1 aliphatic heterocycles. The lowest BCUT2D eigenvalue weighted by atomic mass is 9.68. The van der Waals surface area contributed by atoms with Gasteiger partial charge < -0.3 is 9.47 Å². The van der Waals surface area contributed by atoms with Crippen molar-refractivity contribution < 1.29 is 14.3 Å². The van der Waals surface area contributed by atoms with Gasteiger partial charge in [-0.1, -0.05) is 72.8 Å². The van der Waals surface area contributed by atoms with Crippen LogP contribution >= 0.6 is 0 Å². The largest absolute Gasteiger partial charge is 0.497 e. The highest BCUT2D eigenvalue weighted by Crippen LogP contribution is 2.52. The van der Waals surface area contributed by atoms with Gasteiger partial charge in [0.2, 0.25) is 0 Å². The van der Waals surface area contributed by atoms with Crippen LogP contribution in [0.15, 0.2) is 96.3 Å². The van der Waals surface area contributed by atoms with Gasteiger partial charge in [-0.3, -0.25) is 4.79 Å². The summed E-state index contributed by atoms with van der Waals surface area (Å²) in [5.74, 6) is 1.71. The molecule has 162 valence electrons. The summed E-state index contributed by atoms with van der Waals surface area (Å²) in [5, 5.41) is 0. The molecule has 0 radical (unpaired) electrons. The van der Waals surface area contributed by atoms with Gasteiger partial charge in [-0.15, -0.1) is 0 Å². The molecule has 3 heteroatoms. The summed E-state index contributed by atoms with van der Waals surface area (Å²) >= 11 is 0. The van der Waals surface area contributed by atoms with Crippen LogP contribution in [0.3, 0.4) is 0 Å². The predicted octanol–water partition coefficient (Wildman–Crippen LogP) is 6.88. The number of carbonyl (C=O) groups excluding carboxylic acids is 1. The fraction of sp³-hybridized carbons (Fsp3) is 0.276. The highest BCUT2D eigenvalue weighted by molar-refractivity contribution is 5.99. The molecule has 5 rings (SSSR count). The summed E-state index contributed by atoms with van der Waals surface area (Å²) in [6.45, 7) is 0. The molecular weight excluding hydrogens is 396 g/mol. The van der Waals surface area contributed by atoms with Crippen LogP contribution in [0.2, 0.25) is 0 Å². The summed E-state index contributed by atoms with van der Waals surface area (Å²) < 4.78 is 12.0. The molecule has 3 atom stereocenters. The molecule has 3 unspecified atom stereocenters. The minimum atomic E-state index is -0.337. The van der Waals surface area contributed by atoms with Crippen LogP contribution in [0.5, 0.6) is 5.75 Å². The van der Waals surface area contributed by atoms with E-state index in [4.69, 9.17) is 9.47 Å². The smallest absolute Gasteiger partial charge is 0.170 e. The minimum absolute atomic E-state index is 0.0139. The van der Waals surface area contributed by atoms with Crippen LogP contribution in [-0.2, 0) is 4.74 Å². The van der Waals surface area contributed by atoms with Gasteiger partial charge in [-0.25, -0.2) is 0 Å². The molecule has 0 aromatic heterocycles. The van der Waals surface area contributed by atoms with Gasteiger partial charge in [0.15, 0.2) is 5.78 Å². The van der Waals surface area contributed by atoms with Crippen molar-refractivity contribution in [2.45, 2.75) is 37.7 Å². The van der Waals surface area contributed by atoms with Crippen LogP contribution in [0.1, 0.15) is 59.2 Å². The standard InChI is InChI=1S/C29H28O3/c1-31-23-18-16-22(17-19-23)29-27(28(30)21-12-6-3-7-13-21)26(20-10-4-2-5-11-20)24-14-8-9-15-25(24)32-29/h2-7,10-13,16-19,26-27,29H,8-9,14-15H2,1H3. The fourth-order valence-corrected chi connectivity index (χ4v) is 5.20. The first-order chi connectivity index (χ1) is 15.8. The van der Waals surface area contributed by atoms with Crippen LogP contribution in [0, 0.1) is 5.92 Å². The molecule has 0 saturated heterocycles. The monoisotopic (exact) mass is 424 g/mol. The number of ketones is 1. The van der Waals surface area contributed by atoms with E-state index >= 15 is 0 Å². The van der Waals surface area contributed by atoms with Crippen LogP contribution in [-0.4, -0.2) is 12.9 Å². The molecule has 3 aromatic carbocycles. The van der Waals surface area contributed by atoms with Crippen molar-refractivity contribution in [3.05, 3.63) is 113 Å². The van der Waals surface area contributed by atoms with Crippen molar-refractivity contribution >= 4 is 5.78 Å². The van der Waals surface area contributed by atoms with Crippen molar-refractivity contribution in [2.24, 2.45) is 5.92 Å². The van der Waals surface area contributed by atoms with E-state index in [9.17, 15) is 4.79 Å². The fourth-order valence-electron chi connectivity index (χ4n) is 5.20. The molecule has 3 aromatic rings. The maximum absolute atomic E-state index is 14.0. The van der Waals surface area contributed by atoms with Crippen molar-refractivity contribution in [3.8, 4) is 5.75 Å². The number of hydrogen-bond acceptors (Lipinski definition) is 3. The van der Waals surface area contributed by atoms with E-state index in [0.717, 1.165) is 48.3 Å². The van der Waals surface area contributed by atoms with Crippen molar-refractivity contribution in [1.82, 2.24) is 0 Å². The Bertz CT molecular complexity index is 1100. The normalized spacial score (nSPS) is 22.6. The number of hydrogen-bond donors (Lipinski definition) is 0. The summed E-state index contributed by atoms with van der Waals surface area (Å²) in [6, 6.07) is 28.1. The highest BCUT2D eigenvalue weighted by atomic mass is 16.5. The number of benzene rings is 3. The third kappa shape index (κ3) is 3.84. The summed E-state index contributed by atoms with van der Waals surface area (Å²) in [5.41, 5.74) is 4.25. The molecule has 2 aliphatic rings. The van der Waals surface area contributed by atoms with E-state index in [2.05, 4.69) is 24.3 Å². The second kappa shape index (κ2) is 9.04. The Morgan fingerprint density at radius 1 is 0.812 bits per heavy atom. The number of carbonyl (C=O) groups is 1. The van der Waals surface area contributed by atoms with E-state index < -0.39 is 0 Å². The van der Waals surface area contributed by atoms with Gasteiger partial charge >= 0.3 is 0 Å². The number of allylic oxidation sites excluding steroid dienone is 2. The van der Waals surface area contributed by atoms with Gasteiger partial charge in [0, 0.05) is 17.9 Å². The maximum atomic E-state index is 14.0. The van der Waals surface area contributed by atoms with Gasteiger partial charge in [-0.05, 0) is 48.1 Å². The zero-order valence-corrected chi connectivity index (χ0v) is 18.4. The molecule has 0 N–H and O–H groups in total. The lowest BCUT2D eigenvalue weighted by Crippen LogP contribution is -2.36. The topological polar surface area (TPSA) is 35.5 Å². The van der Waals surface area contributed by atoms with Crippen LogP contribution < -0.4 is 4.74 Å². The number of ether oxygens (including phenoxy) is 2. The molecule has 1 heterocycles. The molecule has 32 heavy (non-hydrogen) atoms. The van der Waals surface area contributed by atoms with Crippen LogP contribution in [0.4, 0.5) is 0 Å². The average molecular weight is 425 g/mol. The number of rotatable bonds is 5. The zero-order chi connectivity index (χ0) is 21.9. The Kier molecular flexibility index (Phi) is 5.81. The molecule has 1 aliphatic carbocycles. The Hall–Kier alpha value is -3.33. The third-order valence-corrected chi connectivity index (χ3v) is 6.75. The van der Waals surface area contributed by atoms with Crippen LogP contribution in [0.25, 0.3) is 0 Å². The minimum Gasteiger partial charge on any atom is -0.497 e. The maximum Gasteiger partial charge on any atom is 0.170 e. The van der Waals surface area contributed by atoms with E-state index in [-0.39, 0.29) is 23.7 Å². The summed E-state index contributed by atoms with van der Waals surface area (Å²) in [4.78, 5) is 14.0. The third-order valence-electron chi connectivity index (χ3n) is 6.75. The second-order valence-corrected chi connectivity index (χ2v) is 8.61. The second-order valence-electron chi connectivity index (χ2n) is 8.61. The Labute approximate surface area is 189 Å². The first-order valence-electron chi connectivity index (χ1n) is 11.4. The Balaban J connectivity index is 1.67. The lowest BCUT2D eigenvalue weighted by Gasteiger charge is -2.42. The molecule has 0 bridgehead atoms. The van der Waals surface area contributed by atoms with E-state index in [0.29, 0.717) is 0 Å². The summed E-state index contributed by atoms with van der Waals surface area (Å²) in [6.07, 6.45) is 3.87. The molecule has 0 spiro atoms. The van der Waals surface area contributed by atoms with Gasteiger partial charge in [0.1, 0.15) is 11.9 Å². The lowest BCUT2D eigenvalue weighted by molar-refractivity contribution is 0.0224. The number of Topliss-reactive ketones (excluding diaryl/α,β-unsaturated/α-hetero) is 1. The predicted molar refractivity (Wildman–Crippen MR) is 126 cm³/mol. The van der Waals surface area contributed by atoms with Crippen molar-refractivity contribution in [1.29, 1.82) is 0 Å². The van der Waals surface area contributed by atoms with Crippen molar-refractivity contribution in [2.75, 3.05) is 7.11 Å². The zero-order valence-electron chi connectivity index (χ0n) is 18.4. The highest BCUT2D eigenvalue weighted by Gasteiger charge is 2.45. The quantitative estimate of drug-likeness (QED) is 0.419. The van der Waals surface area contributed by atoms with Crippen molar-refractivity contribution in [3.63, 3.8) is 0 Å². The number of methoxy groups -OCH3 is 1. The first kappa shape index (κ1) is 20.6. The van der Waals surface area contributed by atoms with E-state index in [1.165, 1.54) is 11.1 Å². The Morgan fingerprint density at radius 3 is 2.16 bits per heavy atom. The SMILES string of the molecule is COc1ccc(C2OC3=C(CCCC3)C(c3ccccc3)C2C(=O)c2ccccc2)cc1. The van der Waals surface area contributed by atoms with E-state index in [1.807, 2.05) is 60.7 Å². The molecule has 0 saturated carbocycles. The van der Waals surface area contributed by atoms with Gasteiger partial charge in [-0.2, -0.15) is 0 Å². The summed E-state index contributed by atoms with van der Waals surface area (Å²) in [7, 11) is 1.67. The van der Waals surface area contributed by atoms with Gasteiger partial charge in [0.25, 0.3) is 0 Å². The molecule has 3 nitrogen and oxygen atoms in total. The molecule has 0 fully saturated rings. The van der Waals surface area contributed by atoms with E-state index in [1.54, 1.807) is 7.11 Å². The molecular formula is C29H28O3. The Morgan fingerprint density at radius 2 is 1.47 bits per heavy atom. The molecule has 0 amide bonds.